The molecule has 0 fully saturated rings. The monoisotopic (exact) mass is 472 g/mol. The number of carboxylic acid groups (broad SMARTS) is 1. The first-order valence-electron chi connectivity index (χ1n) is 10.5. The van der Waals surface area contributed by atoms with Crippen molar-refractivity contribution in [3.63, 3.8) is 0 Å². The van der Waals surface area contributed by atoms with Crippen molar-refractivity contribution >= 4 is 35.6 Å². The van der Waals surface area contributed by atoms with E-state index in [0.717, 1.165) is 0 Å². The van der Waals surface area contributed by atoms with Gasteiger partial charge in [0.25, 0.3) is 0 Å². The van der Waals surface area contributed by atoms with E-state index in [0.29, 0.717) is 12.8 Å². The Balaban J connectivity index is 5.31. The van der Waals surface area contributed by atoms with Crippen molar-refractivity contribution in [2.45, 2.75) is 70.6 Å². The van der Waals surface area contributed by atoms with Crippen LogP contribution in [0.5, 0.6) is 0 Å². The lowest BCUT2D eigenvalue weighted by atomic mass is 9.97. The van der Waals surface area contributed by atoms with Crippen LogP contribution in [0.3, 0.4) is 0 Å². The van der Waals surface area contributed by atoms with Crippen LogP contribution in [0.15, 0.2) is 4.99 Å². The van der Waals surface area contributed by atoms with Gasteiger partial charge in [0.2, 0.25) is 23.6 Å². The number of aliphatic imine (C=N–C) groups is 1. The Morgan fingerprint density at radius 1 is 0.939 bits per heavy atom. The average molecular weight is 473 g/mol. The third-order valence-electron chi connectivity index (χ3n) is 4.87. The molecule has 5 unspecified atom stereocenters. The molecule has 5 atom stereocenters. The van der Waals surface area contributed by atoms with Gasteiger partial charge >= 0.3 is 5.97 Å². The fourth-order valence-corrected chi connectivity index (χ4v) is 2.66. The molecular formula is C19H36N8O6. The van der Waals surface area contributed by atoms with Gasteiger partial charge in [-0.15, -0.1) is 0 Å². The van der Waals surface area contributed by atoms with Gasteiger partial charge in [-0.25, -0.2) is 0 Å². The molecule has 4 amide bonds. The summed E-state index contributed by atoms with van der Waals surface area (Å²) in [6.45, 7) is 5.00. The molecule has 0 aliphatic rings. The number of nitrogens with zero attached hydrogens (tertiary/aromatic N) is 1. The number of primary amides is 1. The predicted molar refractivity (Wildman–Crippen MR) is 120 cm³/mol. The fraction of sp³-hybridized carbons (Fsp3) is 0.684. The molecule has 0 saturated carbocycles. The first kappa shape index (κ1) is 29.6. The zero-order valence-corrected chi connectivity index (χ0v) is 19.2. The Morgan fingerprint density at radius 2 is 1.55 bits per heavy atom. The van der Waals surface area contributed by atoms with Crippen molar-refractivity contribution in [1.82, 2.24) is 16.0 Å². The summed E-state index contributed by atoms with van der Waals surface area (Å²) in [5.74, 6) is -4.83. The van der Waals surface area contributed by atoms with E-state index >= 15 is 0 Å². The second-order valence-electron chi connectivity index (χ2n) is 7.73. The Morgan fingerprint density at radius 3 is 2.03 bits per heavy atom. The summed E-state index contributed by atoms with van der Waals surface area (Å²) in [6, 6.07) is -4.67. The van der Waals surface area contributed by atoms with Gasteiger partial charge in [-0.3, -0.25) is 29.0 Å². The highest BCUT2D eigenvalue weighted by Gasteiger charge is 2.32. The van der Waals surface area contributed by atoms with Crippen LogP contribution in [0.2, 0.25) is 0 Å². The lowest BCUT2D eigenvalue weighted by Crippen LogP contribution is -2.59. The fourth-order valence-electron chi connectivity index (χ4n) is 2.66. The highest BCUT2D eigenvalue weighted by atomic mass is 16.4. The molecule has 188 valence electrons. The number of hydrogen-bond donors (Lipinski definition) is 8. The minimum atomic E-state index is -1.38. The van der Waals surface area contributed by atoms with Crippen LogP contribution < -0.4 is 38.9 Å². The zero-order valence-electron chi connectivity index (χ0n) is 19.2. The Labute approximate surface area is 192 Å². The molecular weight excluding hydrogens is 436 g/mol. The maximum absolute atomic E-state index is 12.8. The van der Waals surface area contributed by atoms with Crippen LogP contribution in [0, 0.1) is 5.92 Å². The lowest BCUT2D eigenvalue weighted by Gasteiger charge is -2.27. The van der Waals surface area contributed by atoms with Crippen LogP contribution in [0.25, 0.3) is 0 Å². The molecule has 33 heavy (non-hydrogen) atoms. The first-order valence-corrected chi connectivity index (χ1v) is 10.5. The van der Waals surface area contributed by atoms with E-state index in [4.69, 9.17) is 28.0 Å². The van der Waals surface area contributed by atoms with Crippen LogP contribution >= 0.6 is 0 Å². The van der Waals surface area contributed by atoms with Gasteiger partial charge in [0.1, 0.15) is 18.1 Å². The molecule has 0 aromatic rings. The number of carbonyl (C=O) groups is 5. The largest absolute Gasteiger partial charge is 0.480 e. The SMILES string of the molecule is CCC(C)C(NC(=O)C(CC(N)=O)NC(=O)C(N)CCCN=C(N)N)C(=O)NC(C)C(=O)O. The van der Waals surface area contributed by atoms with Gasteiger partial charge in [0, 0.05) is 6.54 Å². The van der Waals surface area contributed by atoms with E-state index < -0.39 is 60.2 Å². The Bertz CT molecular complexity index is 740. The van der Waals surface area contributed by atoms with E-state index in [9.17, 15) is 24.0 Å². The van der Waals surface area contributed by atoms with Gasteiger partial charge in [-0.05, 0) is 25.7 Å². The third-order valence-corrected chi connectivity index (χ3v) is 4.87. The topological polar surface area (TPSA) is 258 Å². The summed E-state index contributed by atoms with van der Waals surface area (Å²) < 4.78 is 0. The van der Waals surface area contributed by atoms with Crippen LogP contribution in [-0.4, -0.2) is 71.4 Å². The molecule has 0 heterocycles. The second-order valence-corrected chi connectivity index (χ2v) is 7.73. The molecule has 0 radical (unpaired) electrons. The van der Waals surface area contributed by atoms with Crippen molar-refractivity contribution in [3.8, 4) is 0 Å². The summed E-state index contributed by atoms with van der Waals surface area (Å²) in [6.07, 6.45) is 0.557. The molecule has 0 spiro atoms. The van der Waals surface area contributed by atoms with Crippen LogP contribution in [0.4, 0.5) is 0 Å². The van der Waals surface area contributed by atoms with E-state index in [1.807, 2.05) is 0 Å². The van der Waals surface area contributed by atoms with E-state index in [1.165, 1.54) is 6.92 Å². The Hall–Kier alpha value is -3.42. The number of carbonyl (C=O) groups excluding carboxylic acids is 4. The molecule has 0 aromatic heterocycles. The Kier molecular flexibility index (Phi) is 13.1. The minimum absolute atomic E-state index is 0.0936. The van der Waals surface area contributed by atoms with E-state index in [1.54, 1.807) is 13.8 Å². The number of aliphatic carboxylic acids is 1. The van der Waals surface area contributed by atoms with Crippen molar-refractivity contribution < 1.29 is 29.1 Å². The number of rotatable bonds is 15. The number of nitrogens with one attached hydrogen (secondary N) is 3. The first-order chi connectivity index (χ1) is 15.3. The molecule has 0 rings (SSSR count). The molecule has 14 heteroatoms. The van der Waals surface area contributed by atoms with E-state index in [2.05, 4.69) is 20.9 Å². The molecule has 0 aliphatic heterocycles. The van der Waals surface area contributed by atoms with Crippen molar-refractivity contribution in [1.29, 1.82) is 0 Å². The quantitative estimate of drug-likeness (QED) is 0.0678. The number of nitrogens with two attached hydrogens (primary N) is 4. The second kappa shape index (κ2) is 14.6. The highest BCUT2D eigenvalue weighted by molar-refractivity contribution is 5.96. The summed E-state index contributed by atoms with van der Waals surface area (Å²) >= 11 is 0. The highest BCUT2D eigenvalue weighted by Crippen LogP contribution is 2.09. The smallest absolute Gasteiger partial charge is 0.325 e. The summed E-state index contributed by atoms with van der Waals surface area (Å²) in [5.41, 5.74) is 21.5. The van der Waals surface area contributed by atoms with Gasteiger partial charge in [0.05, 0.1) is 12.5 Å². The van der Waals surface area contributed by atoms with Gasteiger partial charge in [-0.2, -0.15) is 0 Å². The molecule has 0 aromatic carbocycles. The van der Waals surface area contributed by atoms with Crippen molar-refractivity contribution in [2.75, 3.05) is 6.54 Å². The molecule has 14 nitrogen and oxygen atoms in total. The number of guanidine groups is 1. The number of hydrogen-bond acceptors (Lipinski definition) is 7. The van der Waals surface area contributed by atoms with Crippen LogP contribution in [0.1, 0.15) is 46.5 Å². The van der Waals surface area contributed by atoms with Crippen molar-refractivity contribution in [2.24, 2.45) is 33.8 Å². The average Bonchev–Trinajstić information content (AvgIpc) is 2.72. The standard InChI is InChI=1S/C19H36N8O6/c1-4-9(2)14(17(31)25-10(3)18(32)33)27-16(30)12(8-13(21)28)26-15(29)11(20)6-5-7-24-19(22)23/h9-12,14H,4-8,20H2,1-3H3,(H2,21,28)(H,25,31)(H,26,29)(H,27,30)(H,32,33)(H4,22,23,24). The summed E-state index contributed by atoms with van der Waals surface area (Å²) in [7, 11) is 0. The molecule has 0 bridgehead atoms. The maximum Gasteiger partial charge on any atom is 0.325 e. The molecule has 0 aliphatic carbocycles. The van der Waals surface area contributed by atoms with E-state index in [-0.39, 0.29) is 24.8 Å². The molecule has 12 N–H and O–H groups in total. The van der Waals surface area contributed by atoms with Gasteiger partial charge < -0.3 is 44.0 Å². The summed E-state index contributed by atoms with van der Waals surface area (Å²) in [5, 5.41) is 16.1. The number of amides is 4. The lowest BCUT2D eigenvalue weighted by molar-refractivity contribution is -0.142. The summed E-state index contributed by atoms with van der Waals surface area (Å²) in [4.78, 5) is 64.0. The molecule has 0 saturated heterocycles. The van der Waals surface area contributed by atoms with Crippen molar-refractivity contribution in [3.05, 3.63) is 0 Å². The maximum atomic E-state index is 12.8. The van der Waals surface area contributed by atoms with Gasteiger partial charge in [0.15, 0.2) is 5.96 Å². The van der Waals surface area contributed by atoms with Crippen LogP contribution in [-0.2, 0) is 24.0 Å². The van der Waals surface area contributed by atoms with Gasteiger partial charge in [-0.1, -0.05) is 20.3 Å². The zero-order chi connectivity index (χ0) is 25.7. The minimum Gasteiger partial charge on any atom is -0.480 e. The number of carboxylic acids is 1. The normalized spacial score (nSPS) is 15.2. The third kappa shape index (κ3) is 11.7. The predicted octanol–water partition coefficient (Wildman–Crippen LogP) is -3.15.